The highest BCUT2D eigenvalue weighted by Gasteiger charge is 2.14. The van der Waals surface area contributed by atoms with Crippen molar-refractivity contribution < 1.29 is 27.5 Å². The van der Waals surface area contributed by atoms with E-state index >= 15 is 0 Å². The molecule has 4 aromatic carbocycles. The summed E-state index contributed by atoms with van der Waals surface area (Å²) in [6.45, 7) is 2.21. The van der Waals surface area contributed by atoms with E-state index < -0.39 is 21.8 Å². The van der Waals surface area contributed by atoms with Crippen molar-refractivity contribution >= 4 is 45.2 Å². The molecular formula is C31H28ClN3O6S. The third kappa shape index (κ3) is 8.35. The number of rotatable bonds is 10. The number of nitrogens with one attached hydrogen (secondary N) is 3. The molecular weight excluding hydrogens is 578 g/mol. The van der Waals surface area contributed by atoms with E-state index in [1.54, 1.807) is 72.8 Å². The van der Waals surface area contributed by atoms with E-state index in [1.165, 1.54) is 31.4 Å². The summed E-state index contributed by atoms with van der Waals surface area (Å²) < 4.78 is 38.6. The van der Waals surface area contributed by atoms with Gasteiger partial charge in [-0.05, 0) is 96.4 Å². The maximum absolute atomic E-state index is 12.7. The van der Waals surface area contributed by atoms with Gasteiger partial charge in [-0.2, -0.15) is 0 Å². The molecule has 0 saturated heterocycles. The standard InChI is InChI=1S/C31H28ClN3O6S/c1-21-19-27(14-17-29(21)32)41-20-23-3-8-24(9-4-23)31(37)34-33-30(36)18-7-22-5-15-28(16-6-22)42(38,39)35-25-10-12-26(40-2)13-11-25/h3-19,35H,20H2,1-2H3,(H,33,36)(H,34,37)/b18-7+. The Morgan fingerprint density at radius 3 is 2.17 bits per heavy atom. The molecule has 0 saturated carbocycles. The number of methoxy groups -OCH3 is 1. The Morgan fingerprint density at radius 1 is 0.857 bits per heavy atom. The molecule has 0 aliphatic carbocycles. The highest BCUT2D eigenvalue weighted by Crippen LogP contribution is 2.22. The van der Waals surface area contributed by atoms with Crippen LogP contribution in [-0.4, -0.2) is 27.3 Å². The maximum Gasteiger partial charge on any atom is 0.269 e. The van der Waals surface area contributed by atoms with Crippen LogP contribution in [0.2, 0.25) is 5.02 Å². The average molecular weight is 606 g/mol. The Kier molecular flexibility index (Phi) is 9.85. The first-order valence-corrected chi connectivity index (χ1v) is 14.5. The minimum absolute atomic E-state index is 0.0600. The molecule has 0 aliphatic rings. The zero-order valence-electron chi connectivity index (χ0n) is 22.8. The number of sulfonamides is 1. The van der Waals surface area contributed by atoms with Crippen molar-refractivity contribution in [3.63, 3.8) is 0 Å². The summed E-state index contributed by atoms with van der Waals surface area (Å²) in [4.78, 5) is 24.7. The number of hydrogen-bond donors (Lipinski definition) is 3. The Bertz CT molecular complexity index is 1690. The topological polar surface area (TPSA) is 123 Å². The third-order valence-corrected chi connectivity index (χ3v) is 7.83. The number of anilines is 1. The van der Waals surface area contributed by atoms with Crippen molar-refractivity contribution in [2.45, 2.75) is 18.4 Å². The Hall–Kier alpha value is -4.80. The lowest BCUT2D eigenvalue weighted by atomic mass is 10.1. The smallest absolute Gasteiger partial charge is 0.269 e. The van der Waals surface area contributed by atoms with Crippen molar-refractivity contribution in [3.05, 3.63) is 124 Å². The molecule has 0 aromatic heterocycles. The van der Waals surface area contributed by atoms with Gasteiger partial charge in [-0.3, -0.25) is 25.2 Å². The Labute approximate surface area is 249 Å². The van der Waals surface area contributed by atoms with Gasteiger partial charge in [-0.25, -0.2) is 8.42 Å². The minimum atomic E-state index is -3.80. The van der Waals surface area contributed by atoms with Gasteiger partial charge in [-0.15, -0.1) is 0 Å². The van der Waals surface area contributed by atoms with E-state index in [0.29, 0.717) is 39.9 Å². The lowest BCUT2D eigenvalue weighted by Gasteiger charge is -2.09. The van der Waals surface area contributed by atoms with E-state index in [9.17, 15) is 18.0 Å². The number of ether oxygens (including phenoxy) is 2. The summed E-state index contributed by atoms with van der Waals surface area (Å²) in [5.41, 5.74) is 7.79. The normalized spacial score (nSPS) is 11.1. The van der Waals surface area contributed by atoms with Gasteiger partial charge in [0, 0.05) is 22.3 Å². The van der Waals surface area contributed by atoms with Gasteiger partial charge < -0.3 is 9.47 Å². The second kappa shape index (κ2) is 13.7. The molecule has 11 heteroatoms. The zero-order valence-corrected chi connectivity index (χ0v) is 24.3. The van der Waals surface area contributed by atoms with E-state index in [4.69, 9.17) is 21.1 Å². The van der Waals surface area contributed by atoms with Gasteiger partial charge in [-0.1, -0.05) is 35.9 Å². The lowest BCUT2D eigenvalue weighted by Crippen LogP contribution is -2.40. The van der Waals surface area contributed by atoms with Crippen LogP contribution >= 0.6 is 11.6 Å². The number of hydrazine groups is 1. The van der Waals surface area contributed by atoms with Gasteiger partial charge in [0.1, 0.15) is 18.1 Å². The number of carbonyl (C=O) groups excluding carboxylic acids is 2. The molecule has 0 fully saturated rings. The van der Waals surface area contributed by atoms with Gasteiger partial charge in [0.25, 0.3) is 21.8 Å². The van der Waals surface area contributed by atoms with Gasteiger partial charge in [0.2, 0.25) is 0 Å². The van der Waals surface area contributed by atoms with Crippen molar-refractivity contribution in [3.8, 4) is 11.5 Å². The number of hydrogen-bond acceptors (Lipinski definition) is 6. The van der Waals surface area contributed by atoms with Crippen LogP contribution in [0.1, 0.15) is 27.0 Å². The molecule has 0 heterocycles. The van der Waals surface area contributed by atoms with E-state index in [-0.39, 0.29) is 4.90 Å². The van der Waals surface area contributed by atoms with Crippen LogP contribution in [-0.2, 0) is 21.4 Å². The number of benzene rings is 4. The van der Waals surface area contributed by atoms with E-state index in [2.05, 4.69) is 15.6 Å². The third-order valence-electron chi connectivity index (χ3n) is 6.01. The molecule has 216 valence electrons. The van der Waals surface area contributed by atoms with Gasteiger partial charge in [0.15, 0.2) is 0 Å². The maximum atomic E-state index is 12.7. The molecule has 4 rings (SSSR count). The fourth-order valence-electron chi connectivity index (χ4n) is 3.66. The summed E-state index contributed by atoms with van der Waals surface area (Å²) in [7, 11) is -2.28. The van der Waals surface area contributed by atoms with Crippen LogP contribution in [0.3, 0.4) is 0 Å². The number of amides is 2. The molecule has 0 atom stereocenters. The molecule has 0 bridgehead atoms. The Morgan fingerprint density at radius 2 is 1.52 bits per heavy atom. The zero-order chi connectivity index (χ0) is 30.1. The largest absolute Gasteiger partial charge is 0.497 e. The summed E-state index contributed by atoms with van der Waals surface area (Å²) in [5.74, 6) is 0.247. The van der Waals surface area contributed by atoms with Crippen LogP contribution in [0.4, 0.5) is 5.69 Å². The first-order valence-electron chi connectivity index (χ1n) is 12.7. The first-order chi connectivity index (χ1) is 20.1. The number of aryl methyl sites for hydroxylation is 1. The predicted molar refractivity (Wildman–Crippen MR) is 162 cm³/mol. The minimum Gasteiger partial charge on any atom is -0.497 e. The predicted octanol–water partition coefficient (Wildman–Crippen LogP) is 5.51. The molecule has 3 N–H and O–H groups in total. The van der Waals surface area contributed by atoms with Crippen molar-refractivity contribution in [2.24, 2.45) is 0 Å². The molecule has 2 amide bonds. The van der Waals surface area contributed by atoms with Crippen LogP contribution < -0.4 is 25.0 Å². The fourth-order valence-corrected chi connectivity index (χ4v) is 4.84. The van der Waals surface area contributed by atoms with Crippen LogP contribution in [0.5, 0.6) is 11.5 Å². The van der Waals surface area contributed by atoms with Crippen molar-refractivity contribution in [2.75, 3.05) is 11.8 Å². The van der Waals surface area contributed by atoms with Gasteiger partial charge in [0.05, 0.1) is 12.0 Å². The highest BCUT2D eigenvalue weighted by molar-refractivity contribution is 7.92. The Balaban J connectivity index is 1.24. The molecule has 0 spiro atoms. The SMILES string of the molecule is COc1ccc(NS(=O)(=O)c2ccc(/C=C/C(=O)NNC(=O)c3ccc(COc4ccc(Cl)c(C)c4)cc3)cc2)cc1. The van der Waals surface area contributed by atoms with Crippen molar-refractivity contribution in [1.82, 2.24) is 10.9 Å². The summed E-state index contributed by atoms with van der Waals surface area (Å²) in [6, 6.07) is 24.7. The fraction of sp³-hybridized carbons (Fsp3) is 0.0968. The van der Waals surface area contributed by atoms with E-state index in [0.717, 1.165) is 11.1 Å². The molecule has 4 aromatic rings. The lowest BCUT2D eigenvalue weighted by molar-refractivity contribution is -0.117. The molecule has 0 radical (unpaired) electrons. The van der Waals surface area contributed by atoms with Crippen molar-refractivity contribution in [1.29, 1.82) is 0 Å². The molecule has 9 nitrogen and oxygen atoms in total. The molecule has 42 heavy (non-hydrogen) atoms. The molecule has 0 aliphatic heterocycles. The second-order valence-electron chi connectivity index (χ2n) is 9.08. The summed E-state index contributed by atoms with van der Waals surface area (Å²) in [5, 5.41) is 0.668. The average Bonchev–Trinajstić information content (AvgIpc) is 3.00. The molecule has 0 unspecified atom stereocenters. The van der Waals surface area contributed by atoms with E-state index in [1.807, 2.05) is 13.0 Å². The number of halogens is 1. The summed E-state index contributed by atoms with van der Waals surface area (Å²) in [6.07, 6.45) is 2.71. The number of carbonyl (C=O) groups is 2. The van der Waals surface area contributed by atoms with Crippen LogP contribution in [0, 0.1) is 6.92 Å². The highest BCUT2D eigenvalue weighted by atomic mass is 35.5. The van der Waals surface area contributed by atoms with Crippen LogP contribution in [0.25, 0.3) is 6.08 Å². The summed E-state index contributed by atoms with van der Waals surface area (Å²) >= 11 is 6.04. The van der Waals surface area contributed by atoms with Gasteiger partial charge >= 0.3 is 0 Å². The monoisotopic (exact) mass is 605 g/mol. The quantitative estimate of drug-likeness (QED) is 0.162. The first kappa shape index (κ1) is 30.2. The second-order valence-corrected chi connectivity index (χ2v) is 11.2. The van der Waals surface area contributed by atoms with Crippen LogP contribution in [0.15, 0.2) is 102 Å².